The number of nitrogens with one attached hydrogen (secondary N) is 1. The van der Waals surface area contributed by atoms with Crippen LogP contribution in [-0.2, 0) is 4.79 Å². The Balaban J connectivity index is 2.65. The van der Waals surface area contributed by atoms with E-state index in [1.165, 1.54) is 0 Å². The van der Waals surface area contributed by atoms with Crippen LogP contribution in [0.4, 0.5) is 0 Å². The molecule has 0 aliphatic heterocycles. The lowest BCUT2D eigenvalue weighted by Gasteiger charge is -2.32. The highest BCUT2D eigenvalue weighted by molar-refractivity contribution is 5.81. The van der Waals surface area contributed by atoms with Crippen LogP contribution in [0.25, 0.3) is 0 Å². The lowest BCUT2D eigenvalue weighted by Crippen LogP contribution is -2.55. The highest BCUT2D eigenvalue weighted by atomic mass is 16.5. The Bertz CT molecular complexity index is 433. The number of benzene rings is 1. The molecule has 0 fully saturated rings. The molecule has 0 radical (unpaired) electrons. The van der Waals surface area contributed by atoms with Gasteiger partial charge in [0.2, 0.25) is 0 Å². The van der Waals surface area contributed by atoms with E-state index in [1.54, 1.807) is 38.3 Å². The number of rotatable bonds is 8. The Kier molecular flexibility index (Phi) is 6.49. The van der Waals surface area contributed by atoms with E-state index < -0.39 is 6.10 Å². The lowest BCUT2D eigenvalue weighted by atomic mass is 9.92. The van der Waals surface area contributed by atoms with Crippen LogP contribution in [0.5, 0.6) is 11.5 Å². The SMILES string of the molecule is CCC(CC)(CN)NC(=O)C(C)Oc1ccc(OC)cc1. The van der Waals surface area contributed by atoms with Crippen LogP contribution in [0.15, 0.2) is 24.3 Å². The fraction of sp³-hybridized carbons (Fsp3) is 0.562. The molecule has 3 N–H and O–H groups in total. The van der Waals surface area contributed by atoms with Gasteiger partial charge in [-0.3, -0.25) is 4.79 Å². The molecule has 21 heavy (non-hydrogen) atoms. The van der Waals surface area contributed by atoms with E-state index in [2.05, 4.69) is 5.32 Å². The second-order valence-corrected chi connectivity index (χ2v) is 5.12. The van der Waals surface area contributed by atoms with Crippen molar-refractivity contribution in [3.8, 4) is 11.5 Å². The van der Waals surface area contributed by atoms with E-state index in [-0.39, 0.29) is 11.4 Å². The average molecular weight is 294 g/mol. The molecule has 1 amide bonds. The molecule has 0 bridgehead atoms. The van der Waals surface area contributed by atoms with Crippen molar-refractivity contribution in [1.82, 2.24) is 5.32 Å². The molecule has 0 saturated heterocycles. The van der Waals surface area contributed by atoms with Gasteiger partial charge in [-0.05, 0) is 44.0 Å². The van der Waals surface area contributed by atoms with Gasteiger partial charge in [-0.2, -0.15) is 0 Å². The molecule has 0 aliphatic rings. The first-order valence-corrected chi connectivity index (χ1v) is 7.33. The fourth-order valence-corrected chi connectivity index (χ4v) is 2.04. The molecule has 1 rings (SSSR count). The number of ether oxygens (including phenoxy) is 2. The van der Waals surface area contributed by atoms with Gasteiger partial charge in [0.05, 0.1) is 12.6 Å². The Hall–Kier alpha value is -1.75. The summed E-state index contributed by atoms with van der Waals surface area (Å²) < 4.78 is 10.7. The molecule has 118 valence electrons. The van der Waals surface area contributed by atoms with Crippen molar-refractivity contribution in [1.29, 1.82) is 0 Å². The summed E-state index contributed by atoms with van der Waals surface area (Å²) in [6.45, 7) is 6.18. The van der Waals surface area contributed by atoms with Crippen LogP contribution in [0.3, 0.4) is 0 Å². The predicted molar refractivity (Wildman–Crippen MR) is 83.6 cm³/mol. The van der Waals surface area contributed by atoms with Crippen LogP contribution in [0.1, 0.15) is 33.6 Å². The molecule has 1 aromatic carbocycles. The van der Waals surface area contributed by atoms with Crippen LogP contribution < -0.4 is 20.5 Å². The molecule has 0 spiro atoms. The largest absolute Gasteiger partial charge is 0.497 e. The Morgan fingerprint density at radius 2 is 1.76 bits per heavy atom. The lowest BCUT2D eigenvalue weighted by molar-refractivity contribution is -0.129. The normalized spacial score (nSPS) is 12.6. The summed E-state index contributed by atoms with van der Waals surface area (Å²) in [4.78, 5) is 12.2. The topological polar surface area (TPSA) is 73.6 Å². The highest BCUT2D eigenvalue weighted by Crippen LogP contribution is 2.19. The zero-order valence-electron chi connectivity index (χ0n) is 13.3. The second kappa shape index (κ2) is 7.88. The van der Waals surface area contributed by atoms with Crippen molar-refractivity contribution >= 4 is 5.91 Å². The number of nitrogens with two attached hydrogens (primary N) is 1. The van der Waals surface area contributed by atoms with Gasteiger partial charge in [-0.15, -0.1) is 0 Å². The standard InChI is InChI=1S/C16H26N2O3/c1-5-16(6-2,11-17)18-15(19)12(3)21-14-9-7-13(20-4)8-10-14/h7-10,12H,5-6,11,17H2,1-4H3,(H,18,19). The smallest absolute Gasteiger partial charge is 0.261 e. The summed E-state index contributed by atoms with van der Waals surface area (Å²) in [5, 5.41) is 3.01. The third kappa shape index (κ3) is 4.63. The summed E-state index contributed by atoms with van der Waals surface area (Å²) in [6, 6.07) is 7.14. The summed E-state index contributed by atoms with van der Waals surface area (Å²) >= 11 is 0. The third-order valence-electron chi connectivity index (χ3n) is 3.87. The molecule has 0 saturated carbocycles. The minimum Gasteiger partial charge on any atom is -0.497 e. The van der Waals surface area contributed by atoms with Crippen LogP contribution in [0.2, 0.25) is 0 Å². The van der Waals surface area contributed by atoms with Crippen molar-refractivity contribution < 1.29 is 14.3 Å². The Labute approximate surface area is 126 Å². The number of carbonyl (C=O) groups is 1. The van der Waals surface area contributed by atoms with E-state index in [1.807, 2.05) is 13.8 Å². The maximum atomic E-state index is 12.2. The van der Waals surface area contributed by atoms with Crippen LogP contribution >= 0.6 is 0 Å². The van der Waals surface area contributed by atoms with Gasteiger partial charge >= 0.3 is 0 Å². The molecular formula is C16H26N2O3. The fourth-order valence-electron chi connectivity index (χ4n) is 2.04. The van der Waals surface area contributed by atoms with E-state index in [9.17, 15) is 4.79 Å². The van der Waals surface area contributed by atoms with Crippen molar-refractivity contribution in [3.05, 3.63) is 24.3 Å². The van der Waals surface area contributed by atoms with Gasteiger partial charge < -0.3 is 20.5 Å². The number of hydrogen-bond donors (Lipinski definition) is 2. The molecular weight excluding hydrogens is 268 g/mol. The highest BCUT2D eigenvalue weighted by Gasteiger charge is 2.28. The van der Waals surface area contributed by atoms with Gasteiger partial charge in [-0.25, -0.2) is 0 Å². The molecule has 1 unspecified atom stereocenters. The molecule has 5 heteroatoms. The Morgan fingerprint density at radius 3 is 2.19 bits per heavy atom. The van der Waals surface area contributed by atoms with Crippen molar-refractivity contribution in [2.45, 2.75) is 45.3 Å². The van der Waals surface area contributed by atoms with Crippen molar-refractivity contribution in [2.24, 2.45) is 5.73 Å². The predicted octanol–water partition coefficient (Wildman–Crippen LogP) is 2.10. The molecule has 5 nitrogen and oxygen atoms in total. The first-order valence-electron chi connectivity index (χ1n) is 7.33. The average Bonchev–Trinajstić information content (AvgIpc) is 2.53. The van der Waals surface area contributed by atoms with Crippen LogP contribution in [0, 0.1) is 0 Å². The van der Waals surface area contributed by atoms with Gasteiger partial charge in [0.25, 0.3) is 5.91 Å². The van der Waals surface area contributed by atoms with E-state index in [0.29, 0.717) is 12.3 Å². The van der Waals surface area contributed by atoms with E-state index in [4.69, 9.17) is 15.2 Å². The number of methoxy groups -OCH3 is 1. The quantitative estimate of drug-likeness (QED) is 0.770. The minimum atomic E-state index is -0.581. The van der Waals surface area contributed by atoms with Gasteiger partial charge in [0.1, 0.15) is 11.5 Å². The molecule has 1 atom stereocenters. The Morgan fingerprint density at radius 1 is 1.24 bits per heavy atom. The van der Waals surface area contributed by atoms with Gasteiger partial charge in [0.15, 0.2) is 6.10 Å². The van der Waals surface area contributed by atoms with Crippen molar-refractivity contribution in [2.75, 3.05) is 13.7 Å². The van der Waals surface area contributed by atoms with Crippen LogP contribution in [-0.4, -0.2) is 31.2 Å². The summed E-state index contributed by atoms with van der Waals surface area (Å²) in [5.41, 5.74) is 5.44. The first-order chi connectivity index (χ1) is 10.00. The van der Waals surface area contributed by atoms with E-state index >= 15 is 0 Å². The molecule has 0 heterocycles. The molecule has 0 aromatic heterocycles. The van der Waals surface area contributed by atoms with Gasteiger partial charge in [-0.1, -0.05) is 13.8 Å². The number of amides is 1. The summed E-state index contributed by atoms with van der Waals surface area (Å²) in [7, 11) is 1.60. The number of carbonyl (C=O) groups excluding carboxylic acids is 1. The maximum absolute atomic E-state index is 12.2. The monoisotopic (exact) mass is 294 g/mol. The summed E-state index contributed by atoms with van der Waals surface area (Å²) in [5.74, 6) is 1.23. The molecule has 0 aliphatic carbocycles. The number of hydrogen-bond acceptors (Lipinski definition) is 4. The molecule has 1 aromatic rings. The summed E-state index contributed by atoms with van der Waals surface area (Å²) in [6.07, 6.45) is 1.00. The van der Waals surface area contributed by atoms with Crippen molar-refractivity contribution in [3.63, 3.8) is 0 Å². The minimum absolute atomic E-state index is 0.153. The third-order valence-corrected chi connectivity index (χ3v) is 3.87. The second-order valence-electron chi connectivity index (χ2n) is 5.12. The van der Waals surface area contributed by atoms with Gasteiger partial charge in [0, 0.05) is 6.54 Å². The van der Waals surface area contributed by atoms with E-state index in [0.717, 1.165) is 18.6 Å². The first kappa shape index (κ1) is 17.3. The zero-order chi connectivity index (χ0) is 15.9. The zero-order valence-corrected chi connectivity index (χ0v) is 13.3. The maximum Gasteiger partial charge on any atom is 0.261 e.